The van der Waals surface area contributed by atoms with Crippen LogP contribution in [-0.4, -0.2) is 36.6 Å². The van der Waals surface area contributed by atoms with Crippen molar-refractivity contribution in [1.82, 2.24) is 10.2 Å². The minimum atomic E-state index is 0.692. The lowest BCUT2D eigenvalue weighted by atomic mass is 9.66. The molecule has 2 aliphatic rings. The van der Waals surface area contributed by atoms with Gasteiger partial charge in [0, 0.05) is 18.6 Å². The molecule has 0 aromatic rings. The standard InChI is InChI=1S/C16H32N2/c1-4-10-17-15-7-11-18(14(3)12-15)13-16(5-2)8-6-9-16/h14-15,17H,4-13H2,1-3H3. The summed E-state index contributed by atoms with van der Waals surface area (Å²) in [7, 11) is 0. The predicted octanol–water partition coefficient (Wildman–Crippen LogP) is 3.42. The first-order valence-corrected chi connectivity index (χ1v) is 8.16. The van der Waals surface area contributed by atoms with E-state index in [0.29, 0.717) is 5.41 Å². The number of hydrogen-bond acceptors (Lipinski definition) is 2. The third-order valence-corrected chi connectivity index (χ3v) is 5.40. The fraction of sp³-hybridized carbons (Fsp3) is 1.00. The molecule has 2 rings (SSSR count). The van der Waals surface area contributed by atoms with Crippen LogP contribution >= 0.6 is 0 Å². The van der Waals surface area contributed by atoms with E-state index in [4.69, 9.17) is 0 Å². The zero-order valence-corrected chi connectivity index (χ0v) is 12.7. The van der Waals surface area contributed by atoms with Crippen LogP contribution in [0, 0.1) is 5.41 Å². The highest BCUT2D eigenvalue weighted by Crippen LogP contribution is 2.45. The molecule has 0 aromatic carbocycles. The fourth-order valence-electron chi connectivity index (χ4n) is 3.72. The molecular weight excluding hydrogens is 220 g/mol. The van der Waals surface area contributed by atoms with Crippen molar-refractivity contribution in [2.45, 2.75) is 77.8 Å². The molecule has 106 valence electrons. The van der Waals surface area contributed by atoms with Gasteiger partial charge in [-0.1, -0.05) is 20.3 Å². The summed E-state index contributed by atoms with van der Waals surface area (Å²) >= 11 is 0. The van der Waals surface area contributed by atoms with Crippen molar-refractivity contribution >= 4 is 0 Å². The minimum absolute atomic E-state index is 0.692. The highest BCUT2D eigenvalue weighted by atomic mass is 15.2. The van der Waals surface area contributed by atoms with Gasteiger partial charge in [-0.15, -0.1) is 0 Å². The van der Waals surface area contributed by atoms with E-state index in [1.54, 1.807) is 0 Å². The van der Waals surface area contributed by atoms with Crippen molar-refractivity contribution in [3.63, 3.8) is 0 Å². The van der Waals surface area contributed by atoms with Crippen LogP contribution in [0.5, 0.6) is 0 Å². The van der Waals surface area contributed by atoms with Gasteiger partial charge < -0.3 is 5.32 Å². The Morgan fingerprint density at radius 1 is 1.28 bits per heavy atom. The van der Waals surface area contributed by atoms with E-state index in [1.807, 2.05) is 0 Å². The maximum absolute atomic E-state index is 3.70. The molecule has 1 saturated carbocycles. The van der Waals surface area contributed by atoms with Gasteiger partial charge >= 0.3 is 0 Å². The summed E-state index contributed by atoms with van der Waals surface area (Å²) in [4.78, 5) is 2.77. The summed E-state index contributed by atoms with van der Waals surface area (Å²) in [6.07, 6.45) is 9.76. The molecule has 2 heteroatoms. The number of rotatable bonds is 6. The van der Waals surface area contributed by atoms with Crippen LogP contribution in [0.15, 0.2) is 0 Å². The Balaban J connectivity index is 1.78. The maximum Gasteiger partial charge on any atom is 0.00940 e. The summed E-state index contributed by atoms with van der Waals surface area (Å²) in [6, 6.07) is 1.55. The molecule has 18 heavy (non-hydrogen) atoms. The average Bonchev–Trinajstić information content (AvgIpc) is 2.33. The van der Waals surface area contributed by atoms with Crippen molar-refractivity contribution in [2.24, 2.45) is 5.41 Å². The van der Waals surface area contributed by atoms with Crippen LogP contribution in [0.4, 0.5) is 0 Å². The Labute approximate surface area is 114 Å². The molecule has 0 radical (unpaired) electrons. The van der Waals surface area contributed by atoms with Gasteiger partial charge in [-0.25, -0.2) is 0 Å². The second kappa shape index (κ2) is 6.38. The van der Waals surface area contributed by atoms with E-state index in [1.165, 1.54) is 64.6 Å². The highest BCUT2D eigenvalue weighted by Gasteiger charge is 2.38. The summed E-state index contributed by atoms with van der Waals surface area (Å²) in [6.45, 7) is 10.9. The Hall–Kier alpha value is -0.0800. The van der Waals surface area contributed by atoms with Crippen molar-refractivity contribution < 1.29 is 0 Å². The van der Waals surface area contributed by atoms with E-state index in [2.05, 4.69) is 31.0 Å². The van der Waals surface area contributed by atoms with Gasteiger partial charge in [0.1, 0.15) is 0 Å². The Kier molecular flexibility index (Phi) is 5.08. The van der Waals surface area contributed by atoms with Crippen LogP contribution in [0.1, 0.15) is 65.7 Å². The number of nitrogens with one attached hydrogen (secondary N) is 1. The third-order valence-electron chi connectivity index (χ3n) is 5.40. The topological polar surface area (TPSA) is 15.3 Å². The van der Waals surface area contributed by atoms with Gasteiger partial charge in [-0.3, -0.25) is 4.90 Å². The van der Waals surface area contributed by atoms with E-state index in [-0.39, 0.29) is 0 Å². The first-order valence-electron chi connectivity index (χ1n) is 8.16. The Morgan fingerprint density at radius 3 is 2.56 bits per heavy atom. The molecule has 1 N–H and O–H groups in total. The fourth-order valence-corrected chi connectivity index (χ4v) is 3.72. The second-order valence-electron chi connectivity index (χ2n) is 6.70. The van der Waals surface area contributed by atoms with Gasteiger partial charge in [0.05, 0.1) is 0 Å². The van der Waals surface area contributed by atoms with E-state index < -0.39 is 0 Å². The smallest absolute Gasteiger partial charge is 0.00940 e. The molecule has 0 spiro atoms. The molecular formula is C16H32N2. The molecule has 2 nitrogen and oxygen atoms in total. The van der Waals surface area contributed by atoms with Crippen LogP contribution < -0.4 is 5.32 Å². The number of likely N-dealkylation sites (tertiary alicyclic amines) is 1. The third kappa shape index (κ3) is 3.27. The molecule has 1 aliphatic heterocycles. The van der Waals surface area contributed by atoms with Crippen molar-refractivity contribution in [3.8, 4) is 0 Å². The van der Waals surface area contributed by atoms with Gasteiger partial charge in [0.25, 0.3) is 0 Å². The molecule has 1 saturated heterocycles. The van der Waals surface area contributed by atoms with Gasteiger partial charge in [0.15, 0.2) is 0 Å². The summed E-state index contributed by atoms with van der Waals surface area (Å²) < 4.78 is 0. The van der Waals surface area contributed by atoms with Crippen molar-refractivity contribution in [2.75, 3.05) is 19.6 Å². The molecule has 0 aromatic heterocycles. The molecule has 2 unspecified atom stereocenters. The molecule has 2 atom stereocenters. The van der Waals surface area contributed by atoms with Gasteiger partial charge in [-0.2, -0.15) is 0 Å². The number of piperidine rings is 1. The number of hydrogen-bond donors (Lipinski definition) is 1. The SMILES string of the molecule is CCCNC1CCN(CC2(CC)CCC2)C(C)C1. The second-order valence-corrected chi connectivity index (χ2v) is 6.70. The quantitative estimate of drug-likeness (QED) is 0.779. The minimum Gasteiger partial charge on any atom is -0.314 e. The molecule has 0 bridgehead atoms. The lowest BCUT2D eigenvalue weighted by Gasteiger charge is -2.48. The first-order chi connectivity index (χ1) is 8.69. The molecule has 1 aliphatic carbocycles. The van der Waals surface area contributed by atoms with Crippen molar-refractivity contribution in [1.29, 1.82) is 0 Å². The van der Waals surface area contributed by atoms with Crippen molar-refractivity contribution in [3.05, 3.63) is 0 Å². The highest BCUT2D eigenvalue weighted by molar-refractivity contribution is 4.92. The first kappa shape index (κ1) is 14.3. The van der Waals surface area contributed by atoms with Gasteiger partial charge in [-0.05, 0) is 64.0 Å². The predicted molar refractivity (Wildman–Crippen MR) is 78.9 cm³/mol. The zero-order valence-electron chi connectivity index (χ0n) is 12.7. The lowest BCUT2D eigenvalue weighted by molar-refractivity contribution is 0.0245. The molecule has 2 fully saturated rings. The Bertz CT molecular complexity index is 242. The monoisotopic (exact) mass is 252 g/mol. The Morgan fingerprint density at radius 2 is 2.06 bits per heavy atom. The average molecular weight is 252 g/mol. The molecule has 1 heterocycles. The molecule has 0 amide bonds. The van der Waals surface area contributed by atoms with Crippen LogP contribution in [-0.2, 0) is 0 Å². The van der Waals surface area contributed by atoms with E-state index in [0.717, 1.165) is 12.1 Å². The van der Waals surface area contributed by atoms with Crippen LogP contribution in [0.2, 0.25) is 0 Å². The maximum atomic E-state index is 3.70. The van der Waals surface area contributed by atoms with Crippen LogP contribution in [0.25, 0.3) is 0 Å². The summed E-state index contributed by atoms with van der Waals surface area (Å²) in [5, 5.41) is 3.70. The number of nitrogens with zero attached hydrogens (tertiary/aromatic N) is 1. The summed E-state index contributed by atoms with van der Waals surface area (Å²) in [5.74, 6) is 0. The lowest BCUT2D eigenvalue weighted by Crippen LogP contribution is -2.52. The van der Waals surface area contributed by atoms with E-state index >= 15 is 0 Å². The van der Waals surface area contributed by atoms with E-state index in [9.17, 15) is 0 Å². The summed E-state index contributed by atoms with van der Waals surface area (Å²) in [5.41, 5.74) is 0.692. The normalized spacial score (nSPS) is 32.2. The van der Waals surface area contributed by atoms with Gasteiger partial charge in [0.2, 0.25) is 0 Å². The van der Waals surface area contributed by atoms with Crippen LogP contribution in [0.3, 0.4) is 0 Å². The zero-order chi connectivity index (χ0) is 13.0. The largest absolute Gasteiger partial charge is 0.314 e.